The van der Waals surface area contributed by atoms with Crippen molar-refractivity contribution in [3.8, 4) is 0 Å². The lowest BCUT2D eigenvalue weighted by atomic mass is 10.2. The van der Waals surface area contributed by atoms with Gasteiger partial charge in [-0.25, -0.2) is 9.07 Å². The zero-order valence-electron chi connectivity index (χ0n) is 15.1. The molecule has 1 aromatic heterocycles. The smallest absolute Gasteiger partial charge is 0.273 e. The summed E-state index contributed by atoms with van der Waals surface area (Å²) in [4.78, 5) is 26.9. The number of para-hydroxylation sites is 1. The number of amides is 2. The lowest BCUT2D eigenvalue weighted by molar-refractivity contribution is -0.129. The maximum Gasteiger partial charge on any atom is 0.273 e. The number of halogens is 1. The average Bonchev–Trinajstić information content (AvgIpc) is 3.07. The summed E-state index contributed by atoms with van der Waals surface area (Å²) >= 11 is 0. The van der Waals surface area contributed by atoms with Crippen LogP contribution in [0.4, 0.5) is 10.1 Å². The third-order valence-corrected chi connectivity index (χ3v) is 3.79. The van der Waals surface area contributed by atoms with E-state index in [0.717, 1.165) is 0 Å². The minimum Gasteiger partial charge on any atom is -0.372 e. The maximum absolute atomic E-state index is 13.7. The van der Waals surface area contributed by atoms with Crippen molar-refractivity contribution < 1.29 is 14.0 Å². The molecule has 0 spiro atoms. The minimum atomic E-state index is -0.359. The van der Waals surface area contributed by atoms with Crippen molar-refractivity contribution in [1.82, 2.24) is 25.2 Å². The Bertz CT molecular complexity index is 761. The molecular formula is C17H23FN6O2. The summed E-state index contributed by atoms with van der Waals surface area (Å²) in [5, 5.41) is 10.3. The van der Waals surface area contributed by atoms with Gasteiger partial charge in [0.2, 0.25) is 5.91 Å². The van der Waals surface area contributed by atoms with E-state index in [1.165, 1.54) is 21.8 Å². The molecule has 140 valence electrons. The number of nitrogens with zero attached hydrogens (tertiary/aromatic N) is 5. The first kappa shape index (κ1) is 19.4. The van der Waals surface area contributed by atoms with Crippen LogP contribution in [0.25, 0.3) is 0 Å². The molecule has 0 aliphatic heterocycles. The zero-order valence-corrected chi connectivity index (χ0v) is 15.1. The molecule has 0 saturated heterocycles. The van der Waals surface area contributed by atoms with Crippen molar-refractivity contribution in [2.75, 3.05) is 39.1 Å². The highest BCUT2D eigenvalue weighted by Crippen LogP contribution is 2.16. The van der Waals surface area contributed by atoms with Crippen molar-refractivity contribution in [1.29, 1.82) is 0 Å². The van der Waals surface area contributed by atoms with Crippen LogP contribution in [0, 0.1) is 5.82 Å². The molecule has 0 atom stereocenters. The number of rotatable bonds is 8. The van der Waals surface area contributed by atoms with E-state index in [9.17, 15) is 14.0 Å². The Labute approximate surface area is 151 Å². The Hall–Kier alpha value is -2.97. The summed E-state index contributed by atoms with van der Waals surface area (Å²) in [6.07, 6.45) is 2.08. The first-order chi connectivity index (χ1) is 12.4. The van der Waals surface area contributed by atoms with Gasteiger partial charge in [0.25, 0.3) is 5.91 Å². The molecule has 0 bridgehead atoms. The molecule has 1 aromatic carbocycles. The molecule has 0 radical (unpaired) electrons. The van der Waals surface area contributed by atoms with E-state index in [1.54, 1.807) is 44.2 Å². The number of carbonyl (C=O) groups excluding carboxylic acids is 2. The van der Waals surface area contributed by atoms with Gasteiger partial charge in [0, 0.05) is 34.2 Å². The second kappa shape index (κ2) is 8.93. The zero-order chi connectivity index (χ0) is 19.1. The third-order valence-electron chi connectivity index (χ3n) is 3.79. The number of hydrogen-bond donors (Lipinski definition) is 1. The fraction of sp³-hybridized carbons (Fsp3) is 0.412. The van der Waals surface area contributed by atoms with Crippen LogP contribution in [-0.4, -0.2) is 65.9 Å². The number of anilines is 1. The number of hydrogen-bond acceptors (Lipinski definition) is 5. The summed E-state index contributed by atoms with van der Waals surface area (Å²) < 4.78 is 15.0. The third kappa shape index (κ3) is 5.27. The maximum atomic E-state index is 13.7. The van der Waals surface area contributed by atoms with Gasteiger partial charge >= 0.3 is 0 Å². The molecule has 1 heterocycles. The fourth-order valence-corrected chi connectivity index (χ4v) is 2.25. The predicted octanol–water partition coefficient (Wildman–Crippen LogP) is 0.762. The van der Waals surface area contributed by atoms with Crippen LogP contribution < -0.4 is 10.2 Å². The van der Waals surface area contributed by atoms with Crippen molar-refractivity contribution in [2.45, 2.75) is 13.0 Å². The Kier molecular flexibility index (Phi) is 6.65. The molecule has 0 aliphatic carbocycles. The Balaban J connectivity index is 1.76. The van der Waals surface area contributed by atoms with E-state index in [0.29, 0.717) is 25.2 Å². The molecule has 0 unspecified atom stereocenters. The standard InChI is InChI=1S/C17H23FN6O2/c1-22(2)16(25)12-24-11-14(20-21-24)17(26)19-9-6-10-23(3)15-8-5-4-7-13(15)18/h4-5,7-8,11H,6,9-10,12H2,1-3H3,(H,19,26). The van der Waals surface area contributed by atoms with Gasteiger partial charge in [-0.3, -0.25) is 9.59 Å². The summed E-state index contributed by atoms with van der Waals surface area (Å²) in [6, 6.07) is 6.55. The molecule has 0 saturated carbocycles. The monoisotopic (exact) mass is 362 g/mol. The largest absolute Gasteiger partial charge is 0.372 e. The van der Waals surface area contributed by atoms with Gasteiger partial charge in [0.1, 0.15) is 12.4 Å². The lowest BCUT2D eigenvalue weighted by Crippen LogP contribution is -2.28. The number of likely N-dealkylation sites (N-methyl/N-ethyl adjacent to an activating group) is 1. The van der Waals surface area contributed by atoms with Gasteiger partial charge in [-0.15, -0.1) is 5.10 Å². The Morgan fingerprint density at radius 2 is 1.96 bits per heavy atom. The van der Waals surface area contributed by atoms with Crippen LogP contribution >= 0.6 is 0 Å². The molecule has 2 amide bonds. The molecule has 9 heteroatoms. The van der Waals surface area contributed by atoms with E-state index in [1.807, 2.05) is 0 Å². The molecule has 2 rings (SSSR count). The molecule has 1 N–H and O–H groups in total. The van der Waals surface area contributed by atoms with Gasteiger partial charge in [0.15, 0.2) is 5.69 Å². The second-order valence-corrected chi connectivity index (χ2v) is 6.07. The summed E-state index contributed by atoms with van der Waals surface area (Å²) in [7, 11) is 5.09. The first-order valence-corrected chi connectivity index (χ1v) is 8.22. The van der Waals surface area contributed by atoms with Crippen LogP contribution in [0.1, 0.15) is 16.9 Å². The van der Waals surface area contributed by atoms with E-state index >= 15 is 0 Å². The fourth-order valence-electron chi connectivity index (χ4n) is 2.25. The normalized spacial score (nSPS) is 10.5. The number of benzene rings is 1. The predicted molar refractivity (Wildman–Crippen MR) is 95.3 cm³/mol. The van der Waals surface area contributed by atoms with Crippen LogP contribution in [0.5, 0.6) is 0 Å². The van der Waals surface area contributed by atoms with Gasteiger partial charge in [0.05, 0.1) is 11.9 Å². The van der Waals surface area contributed by atoms with Gasteiger partial charge in [-0.05, 0) is 18.6 Å². The van der Waals surface area contributed by atoms with Crippen LogP contribution in [0.2, 0.25) is 0 Å². The molecule has 0 fully saturated rings. The van der Waals surface area contributed by atoms with Gasteiger partial charge in [-0.2, -0.15) is 0 Å². The SMILES string of the molecule is CN(C)C(=O)Cn1cc(C(=O)NCCCN(C)c2ccccc2F)nn1. The van der Waals surface area contributed by atoms with Gasteiger partial charge < -0.3 is 15.1 Å². The second-order valence-electron chi connectivity index (χ2n) is 6.07. The molecule has 8 nitrogen and oxygen atoms in total. The lowest BCUT2D eigenvalue weighted by Gasteiger charge is -2.19. The van der Waals surface area contributed by atoms with Gasteiger partial charge in [-0.1, -0.05) is 17.3 Å². The number of nitrogens with one attached hydrogen (secondary N) is 1. The molecule has 2 aromatic rings. The summed E-state index contributed by atoms with van der Waals surface area (Å²) in [5.74, 6) is -0.775. The minimum absolute atomic E-state index is 0.0285. The highest BCUT2D eigenvalue weighted by atomic mass is 19.1. The van der Waals surface area contributed by atoms with E-state index in [4.69, 9.17) is 0 Å². The molecule has 0 aliphatic rings. The van der Waals surface area contributed by atoms with Crippen LogP contribution in [0.15, 0.2) is 30.5 Å². The van der Waals surface area contributed by atoms with Crippen molar-refractivity contribution in [3.05, 3.63) is 42.0 Å². The van der Waals surface area contributed by atoms with Crippen LogP contribution in [0.3, 0.4) is 0 Å². The Morgan fingerprint density at radius 3 is 2.65 bits per heavy atom. The molecular weight excluding hydrogens is 339 g/mol. The molecule has 26 heavy (non-hydrogen) atoms. The highest BCUT2D eigenvalue weighted by Gasteiger charge is 2.13. The quantitative estimate of drug-likeness (QED) is 0.701. The van der Waals surface area contributed by atoms with Crippen LogP contribution in [-0.2, 0) is 11.3 Å². The summed E-state index contributed by atoms with van der Waals surface area (Å²) in [6.45, 7) is 1.03. The van der Waals surface area contributed by atoms with E-state index in [2.05, 4.69) is 15.6 Å². The van der Waals surface area contributed by atoms with Crippen molar-refractivity contribution >= 4 is 17.5 Å². The van der Waals surface area contributed by atoms with Crippen molar-refractivity contribution in [2.24, 2.45) is 0 Å². The topological polar surface area (TPSA) is 83.4 Å². The number of carbonyl (C=O) groups is 2. The van der Waals surface area contributed by atoms with E-state index < -0.39 is 0 Å². The highest BCUT2D eigenvalue weighted by molar-refractivity contribution is 5.91. The average molecular weight is 362 g/mol. The van der Waals surface area contributed by atoms with Crippen molar-refractivity contribution in [3.63, 3.8) is 0 Å². The Morgan fingerprint density at radius 1 is 1.23 bits per heavy atom. The first-order valence-electron chi connectivity index (χ1n) is 8.22. The van der Waals surface area contributed by atoms with E-state index in [-0.39, 0.29) is 29.9 Å². The summed E-state index contributed by atoms with van der Waals surface area (Å²) in [5.41, 5.74) is 0.673. The number of aromatic nitrogens is 3.